The van der Waals surface area contributed by atoms with Crippen LogP contribution in [0.3, 0.4) is 0 Å². The molecule has 46 heavy (non-hydrogen) atoms. The summed E-state index contributed by atoms with van der Waals surface area (Å²) in [4.78, 5) is 27.2. The molecule has 4 aromatic rings. The first-order valence-corrected chi connectivity index (χ1v) is 18.6. The third-order valence-electron chi connectivity index (χ3n) is 8.72. The van der Waals surface area contributed by atoms with Crippen molar-refractivity contribution < 1.29 is 23.2 Å². The maximum atomic E-state index is 12.0. The summed E-state index contributed by atoms with van der Waals surface area (Å²) in [6.45, 7) is 6.81. The van der Waals surface area contributed by atoms with E-state index in [4.69, 9.17) is 25.0 Å². The van der Waals surface area contributed by atoms with Crippen molar-refractivity contribution in [1.82, 2.24) is 34.4 Å². The fraction of sp³-hybridized carbons (Fsp3) is 0.548. The molecule has 13 nitrogen and oxygen atoms in total. The summed E-state index contributed by atoms with van der Waals surface area (Å²) >= 11 is 1.72. The summed E-state index contributed by atoms with van der Waals surface area (Å²) in [5, 5.41) is 14.4. The Kier molecular flexibility index (Phi) is 10.5. The van der Waals surface area contributed by atoms with Crippen LogP contribution in [0.5, 0.6) is 0 Å². The normalized spacial score (nSPS) is 16.9. The largest absolute Gasteiger partial charge is 0.378 e. The summed E-state index contributed by atoms with van der Waals surface area (Å²) in [6.07, 6.45) is 8.31. The molecule has 2 N–H and O–H groups in total. The van der Waals surface area contributed by atoms with Gasteiger partial charge < -0.3 is 9.64 Å². The molecule has 1 amide bonds. The number of ether oxygens (including phenoxy) is 1. The zero-order chi connectivity index (χ0) is 32.1. The van der Waals surface area contributed by atoms with E-state index in [2.05, 4.69) is 28.0 Å². The number of carbonyl (C=O) groups excluding carboxylic acids is 1. The molecule has 0 atom stereocenters. The van der Waals surface area contributed by atoms with Crippen LogP contribution in [0.2, 0.25) is 0 Å². The third-order valence-corrected chi connectivity index (χ3v) is 11.1. The molecule has 1 aromatic carbocycles. The van der Waals surface area contributed by atoms with Gasteiger partial charge in [-0.1, -0.05) is 31.4 Å². The molecule has 6 rings (SSSR count). The molecule has 15 heteroatoms. The van der Waals surface area contributed by atoms with Gasteiger partial charge in [0.25, 0.3) is 0 Å². The topological polar surface area (TPSA) is 146 Å². The molecule has 5 heterocycles. The first-order valence-electron chi connectivity index (χ1n) is 16.0. The van der Waals surface area contributed by atoms with Crippen LogP contribution in [0.1, 0.15) is 43.4 Å². The fourth-order valence-electron chi connectivity index (χ4n) is 6.20. The maximum absolute atomic E-state index is 12.0. The number of unbranched alkanes of at least 4 members (excludes halogenated alkanes) is 4. The van der Waals surface area contributed by atoms with Gasteiger partial charge in [-0.05, 0) is 25.0 Å². The summed E-state index contributed by atoms with van der Waals surface area (Å²) in [6, 6.07) is 8.36. The van der Waals surface area contributed by atoms with Crippen LogP contribution in [-0.4, -0.2) is 107 Å². The Morgan fingerprint density at radius 2 is 1.78 bits per heavy atom. The number of hydrogen-bond acceptors (Lipinski definition) is 11. The number of thiophene rings is 1. The highest BCUT2D eigenvalue weighted by Gasteiger charge is 2.25. The van der Waals surface area contributed by atoms with E-state index in [-0.39, 0.29) is 5.91 Å². The number of sulfonamides is 1. The number of carbonyl (C=O) groups is 1. The van der Waals surface area contributed by atoms with Crippen molar-refractivity contribution >= 4 is 54.2 Å². The molecule has 0 unspecified atom stereocenters. The van der Waals surface area contributed by atoms with Crippen LogP contribution in [0.25, 0.3) is 32.5 Å². The zero-order valence-electron chi connectivity index (χ0n) is 26.2. The van der Waals surface area contributed by atoms with Gasteiger partial charge in [0.05, 0.1) is 41.4 Å². The first-order chi connectivity index (χ1) is 22.3. The Bertz CT molecular complexity index is 1760. The second-order valence-corrected chi connectivity index (χ2v) is 15.1. The minimum absolute atomic E-state index is 0.333. The van der Waals surface area contributed by atoms with Crippen molar-refractivity contribution in [3.05, 3.63) is 35.3 Å². The van der Waals surface area contributed by atoms with Gasteiger partial charge in [0.1, 0.15) is 0 Å². The van der Waals surface area contributed by atoms with E-state index in [1.54, 1.807) is 21.1 Å². The fourth-order valence-corrected chi connectivity index (χ4v) is 8.18. The van der Waals surface area contributed by atoms with Gasteiger partial charge in [-0.25, -0.2) is 23.9 Å². The van der Waals surface area contributed by atoms with Crippen LogP contribution < -0.4 is 10.4 Å². The minimum atomic E-state index is -3.17. The van der Waals surface area contributed by atoms with Crippen molar-refractivity contribution in [2.45, 2.75) is 51.6 Å². The predicted molar refractivity (Wildman–Crippen MR) is 178 cm³/mol. The van der Waals surface area contributed by atoms with Crippen molar-refractivity contribution in [2.24, 2.45) is 0 Å². The Labute approximate surface area is 273 Å². The quantitative estimate of drug-likeness (QED) is 0.123. The summed E-state index contributed by atoms with van der Waals surface area (Å²) in [7, 11) is -3.17. The number of rotatable bonds is 13. The number of nitrogens with one attached hydrogen (secondary N) is 1. The lowest BCUT2D eigenvalue weighted by atomic mass is 10.1. The van der Waals surface area contributed by atoms with Crippen LogP contribution in [0, 0.1) is 0 Å². The number of hydroxylamine groups is 1. The molecule has 0 spiro atoms. The van der Waals surface area contributed by atoms with Gasteiger partial charge in [0.2, 0.25) is 15.9 Å². The van der Waals surface area contributed by atoms with Gasteiger partial charge in [-0.15, -0.1) is 11.3 Å². The number of aromatic nitrogens is 4. The summed E-state index contributed by atoms with van der Waals surface area (Å²) < 4.78 is 34.2. The van der Waals surface area contributed by atoms with Crippen LogP contribution in [0.15, 0.2) is 30.5 Å². The molecular weight excluding hydrogens is 629 g/mol. The van der Waals surface area contributed by atoms with Crippen molar-refractivity contribution in [3.8, 4) is 11.4 Å². The van der Waals surface area contributed by atoms with E-state index in [1.165, 1.54) is 11.1 Å². The van der Waals surface area contributed by atoms with Gasteiger partial charge in [-0.2, -0.15) is 9.40 Å². The molecule has 0 aliphatic carbocycles. The number of nitrogens with zero attached hydrogens (tertiary/aromatic N) is 7. The molecule has 0 saturated carbocycles. The summed E-state index contributed by atoms with van der Waals surface area (Å²) in [5.74, 6) is 1.28. The molecule has 2 aliphatic rings. The lowest BCUT2D eigenvalue weighted by molar-refractivity contribution is -0.129. The number of morpholine rings is 1. The van der Waals surface area contributed by atoms with Gasteiger partial charge in [0.15, 0.2) is 11.6 Å². The molecule has 0 bridgehead atoms. The van der Waals surface area contributed by atoms with E-state index in [9.17, 15) is 13.2 Å². The molecule has 248 valence electrons. The lowest BCUT2D eigenvalue weighted by Crippen LogP contribution is -2.47. The zero-order valence-corrected chi connectivity index (χ0v) is 27.9. The minimum Gasteiger partial charge on any atom is -0.378 e. The third kappa shape index (κ3) is 7.66. The average molecular weight is 671 g/mol. The van der Waals surface area contributed by atoms with Crippen molar-refractivity contribution in [2.75, 3.05) is 63.6 Å². The van der Waals surface area contributed by atoms with Gasteiger partial charge in [-0.3, -0.25) is 19.6 Å². The van der Waals surface area contributed by atoms with Crippen LogP contribution >= 0.6 is 11.3 Å². The molecule has 2 saturated heterocycles. The number of hydrogen-bond donors (Lipinski definition) is 2. The van der Waals surface area contributed by atoms with E-state index in [0.29, 0.717) is 51.6 Å². The highest BCUT2D eigenvalue weighted by atomic mass is 32.2. The Hall–Kier alpha value is -3.21. The van der Waals surface area contributed by atoms with E-state index in [0.717, 1.165) is 90.8 Å². The van der Waals surface area contributed by atoms with E-state index < -0.39 is 10.0 Å². The van der Waals surface area contributed by atoms with Crippen LogP contribution in [0.4, 0.5) is 5.82 Å². The molecule has 0 radical (unpaired) electrons. The highest BCUT2D eigenvalue weighted by Crippen LogP contribution is 2.36. The number of fused-ring (bicyclic) bond motifs is 2. The maximum Gasteiger partial charge on any atom is 0.243 e. The highest BCUT2D eigenvalue weighted by molar-refractivity contribution is 7.88. The van der Waals surface area contributed by atoms with Gasteiger partial charge in [0, 0.05) is 74.6 Å². The number of aryl methyl sites for hydroxylation is 1. The predicted octanol–water partition coefficient (Wildman–Crippen LogP) is 3.47. The van der Waals surface area contributed by atoms with Crippen molar-refractivity contribution in [1.29, 1.82) is 0 Å². The lowest BCUT2D eigenvalue weighted by Gasteiger charge is -2.32. The summed E-state index contributed by atoms with van der Waals surface area (Å²) in [5.41, 5.74) is 4.60. The van der Waals surface area contributed by atoms with Crippen molar-refractivity contribution in [3.63, 3.8) is 0 Å². The number of piperazine rings is 1. The van der Waals surface area contributed by atoms with E-state index >= 15 is 0 Å². The monoisotopic (exact) mass is 670 g/mol. The first kappa shape index (κ1) is 32.7. The molecule has 2 fully saturated rings. The van der Waals surface area contributed by atoms with E-state index in [1.807, 2.05) is 16.9 Å². The average Bonchev–Trinajstić information content (AvgIpc) is 3.67. The number of benzene rings is 1. The SMILES string of the molecule is CS(=O)(=O)N1CCN(Cc2cc3nc(-c4cccc5c4cnn5CCCCCCCC(=O)NO)nc(N4CCOCC4)c3s2)CC1. The molecule has 3 aromatic heterocycles. The Morgan fingerprint density at radius 1 is 1.02 bits per heavy atom. The second-order valence-electron chi connectivity index (χ2n) is 12.0. The smallest absolute Gasteiger partial charge is 0.243 e. The molecule has 2 aliphatic heterocycles. The Morgan fingerprint density at radius 3 is 2.54 bits per heavy atom. The second kappa shape index (κ2) is 14.7. The van der Waals surface area contributed by atoms with Crippen LogP contribution in [-0.2, 0) is 32.6 Å². The standard InChI is InChI=1S/C31H42N8O5S2/c1-46(42,43)38-14-12-36(13-15-38)22-23-20-26-29(45-23)31(37-16-18-44-19-17-37)34-30(33-26)24-8-7-9-27-25(24)21-32-39(27)11-6-4-2-3-5-10-28(40)35-41/h7-9,20-21,41H,2-6,10-19,22H2,1H3,(H,35,40). The number of anilines is 1. The Balaban J connectivity index is 1.21. The molecular formula is C31H42N8O5S2. The number of amides is 1. The van der Waals surface area contributed by atoms with Gasteiger partial charge >= 0.3 is 0 Å².